The summed E-state index contributed by atoms with van der Waals surface area (Å²) < 4.78 is 1.86. The lowest BCUT2D eigenvalue weighted by Crippen LogP contribution is -2.03. The van der Waals surface area contributed by atoms with Crippen molar-refractivity contribution in [2.24, 2.45) is 0 Å². The van der Waals surface area contributed by atoms with Gasteiger partial charge in [-0.25, -0.2) is 0 Å². The Morgan fingerprint density at radius 2 is 1.53 bits per heavy atom. The second-order valence-corrected chi connectivity index (χ2v) is 6.80. The van der Waals surface area contributed by atoms with Crippen molar-refractivity contribution in [3.8, 4) is 0 Å². The SMILES string of the molecule is Cc1cc(C(O)c2cc(Br)cc(Br)c2)c(C)cc1Cl. The molecule has 100 valence electrons. The molecular formula is C15H13Br2ClO. The topological polar surface area (TPSA) is 20.2 Å². The van der Waals surface area contributed by atoms with Crippen molar-refractivity contribution < 1.29 is 5.11 Å². The smallest absolute Gasteiger partial charge is 0.104 e. The quantitative estimate of drug-likeness (QED) is 0.694. The van der Waals surface area contributed by atoms with Crippen LogP contribution in [0.1, 0.15) is 28.4 Å². The normalized spacial score (nSPS) is 12.5. The Bertz CT molecular complexity index is 606. The van der Waals surface area contributed by atoms with Gasteiger partial charge in [-0.1, -0.05) is 49.5 Å². The van der Waals surface area contributed by atoms with Gasteiger partial charge in [0.2, 0.25) is 0 Å². The van der Waals surface area contributed by atoms with Crippen LogP contribution in [0.15, 0.2) is 39.3 Å². The molecule has 0 radical (unpaired) electrons. The second-order valence-electron chi connectivity index (χ2n) is 4.56. The third-order valence-electron chi connectivity index (χ3n) is 3.04. The summed E-state index contributed by atoms with van der Waals surface area (Å²) in [5.41, 5.74) is 3.67. The van der Waals surface area contributed by atoms with Gasteiger partial charge < -0.3 is 5.11 Å². The van der Waals surface area contributed by atoms with E-state index in [4.69, 9.17) is 11.6 Å². The van der Waals surface area contributed by atoms with Crippen LogP contribution in [0.4, 0.5) is 0 Å². The Hall–Kier alpha value is -0.350. The minimum atomic E-state index is -0.662. The molecule has 2 rings (SSSR count). The molecule has 0 aromatic heterocycles. The molecule has 4 heteroatoms. The van der Waals surface area contributed by atoms with E-state index in [2.05, 4.69) is 31.9 Å². The minimum absolute atomic E-state index is 0.662. The number of aliphatic hydroxyl groups excluding tert-OH is 1. The predicted octanol–water partition coefficient (Wildman–Crippen LogP) is 5.56. The Morgan fingerprint density at radius 3 is 2.11 bits per heavy atom. The Labute approximate surface area is 134 Å². The van der Waals surface area contributed by atoms with Crippen LogP contribution in [0.5, 0.6) is 0 Å². The van der Waals surface area contributed by atoms with Crippen LogP contribution >= 0.6 is 43.5 Å². The molecule has 0 saturated heterocycles. The highest BCUT2D eigenvalue weighted by molar-refractivity contribution is 9.11. The third kappa shape index (κ3) is 3.40. The van der Waals surface area contributed by atoms with Gasteiger partial charge in [0.1, 0.15) is 6.10 Å². The highest BCUT2D eigenvalue weighted by Crippen LogP contribution is 2.31. The molecule has 0 aliphatic rings. The van der Waals surface area contributed by atoms with Gasteiger partial charge in [0.05, 0.1) is 0 Å². The van der Waals surface area contributed by atoms with E-state index in [0.29, 0.717) is 0 Å². The van der Waals surface area contributed by atoms with Gasteiger partial charge >= 0.3 is 0 Å². The molecule has 1 unspecified atom stereocenters. The van der Waals surface area contributed by atoms with Gasteiger partial charge in [-0.2, -0.15) is 0 Å². The zero-order valence-electron chi connectivity index (χ0n) is 10.5. The summed E-state index contributed by atoms with van der Waals surface area (Å²) >= 11 is 13.0. The zero-order valence-corrected chi connectivity index (χ0v) is 14.5. The lowest BCUT2D eigenvalue weighted by Gasteiger charge is -2.16. The van der Waals surface area contributed by atoms with Crippen LogP contribution < -0.4 is 0 Å². The Balaban J connectivity index is 2.49. The monoisotopic (exact) mass is 402 g/mol. The molecule has 1 N–H and O–H groups in total. The first-order valence-electron chi connectivity index (χ1n) is 5.79. The molecule has 1 nitrogen and oxygen atoms in total. The number of rotatable bonds is 2. The van der Waals surface area contributed by atoms with Crippen LogP contribution in [0.3, 0.4) is 0 Å². The van der Waals surface area contributed by atoms with Crippen molar-refractivity contribution >= 4 is 43.5 Å². The second kappa shape index (κ2) is 5.96. The largest absolute Gasteiger partial charge is 0.384 e. The molecule has 2 aromatic rings. The standard InChI is InChI=1S/C15H13Br2ClO/c1-8-4-14(18)9(2)3-13(8)15(19)10-5-11(16)7-12(17)6-10/h3-7,15,19H,1-2H3. The van der Waals surface area contributed by atoms with E-state index in [1.165, 1.54) is 0 Å². The molecular weight excluding hydrogens is 391 g/mol. The molecule has 0 aliphatic heterocycles. The van der Waals surface area contributed by atoms with E-state index in [1.807, 2.05) is 44.2 Å². The lowest BCUT2D eigenvalue weighted by molar-refractivity contribution is 0.219. The van der Waals surface area contributed by atoms with E-state index in [1.54, 1.807) is 0 Å². The first-order valence-corrected chi connectivity index (χ1v) is 7.75. The van der Waals surface area contributed by atoms with Gasteiger partial charge in [0.15, 0.2) is 0 Å². The van der Waals surface area contributed by atoms with Crippen molar-refractivity contribution in [3.63, 3.8) is 0 Å². The minimum Gasteiger partial charge on any atom is -0.384 e. The number of aryl methyl sites for hydroxylation is 2. The third-order valence-corrected chi connectivity index (χ3v) is 4.37. The molecule has 0 amide bonds. The maximum absolute atomic E-state index is 10.6. The van der Waals surface area contributed by atoms with Gasteiger partial charge in [0, 0.05) is 14.0 Å². The van der Waals surface area contributed by atoms with Crippen molar-refractivity contribution in [2.45, 2.75) is 20.0 Å². The highest BCUT2D eigenvalue weighted by atomic mass is 79.9. The number of hydrogen-bond donors (Lipinski definition) is 1. The van der Waals surface area contributed by atoms with Crippen molar-refractivity contribution in [1.29, 1.82) is 0 Å². The van der Waals surface area contributed by atoms with Crippen molar-refractivity contribution in [2.75, 3.05) is 0 Å². The average Bonchev–Trinajstić information content (AvgIpc) is 2.31. The van der Waals surface area contributed by atoms with Gasteiger partial charge in [-0.15, -0.1) is 0 Å². The highest BCUT2D eigenvalue weighted by Gasteiger charge is 2.15. The lowest BCUT2D eigenvalue weighted by atomic mass is 9.96. The van der Waals surface area contributed by atoms with Crippen molar-refractivity contribution in [3.05, 3.63) is 66.6 Å². The maximum Gasteiger partial charge on any atom is 0.104 e. The molecule has 2 aromatic carbocycles. The molecule has 19 heavy (non-hydrogen) atoms. The fraction of sp³-hybridized carbons (Fsp3) is 0.200. The van der Waals surface area contributed by atoms with Crippen LogP contribution in [0.2, 0.25) is 5.02 Å². The molecule has 0 saturated carbocycles. The van der Waals surface area contributed by atoms with Crippen LogP contribution in [0.25, 0.3) is 0 Å². The fourth-order valence-electron chi connectivity index (χ4n) is 2.01. The maximum atomic E-state index is 10.6. The van der Waals surface area contributed by atoms with Crippen LogP contribution in [-0.4, -0.2) is 5.11 Å². The summed E-state index contributed by atoms with van der Waals surface area (Å²) in [6, 6.07) is 9.60. The summed E-state index contributed by atoms with van der Waals surface area (Å²) in [6.45, 7) is 3.89. The Morgan fingerprint density at radius 1 is 0.947 bits per heavy atom. The fourth-order valence-corrected chi connectivity index (χ4v) is 3.56. The van der Waals surface area contributed by atoms with Crippen molar-refractivity contribution in [1.82, 2.24) is 0 Å². The molecule has 0 bridgehead atoms. The first kappa shape index (κ1) is 15.0. The van der Waals surface area contributed by atoms with E-state index >= 15 is 0 Å². The first-order chi connectivity index (χ1) is 8.88. The summed E-state index contributed by atoms with van der Waals surface area (Å²) in [4.78, 5) is 0. The molecule has 0 aliphatic carbocycles. The van der Waals surface area contributed by atoms with Gasteiger partial charge in [-0.05, 0) is 60.4 Å². The summed E-state index contributed by atoms with van der Waals surface area (Å²) in [7, 11) is 0. The molecule has 0 heterocycles. The van der Waals surface area contributed by atoms with E-state index in [9.17, 15) is 5.11 Å². The number of benzene rings is 2. The zero-order chi connectivity index (χ0) is 14.2. The predicted molar refractivity (Wildman–Crippen MR) is 86.8 cm³/mol. The van der Waals surface area contributed by atoms with E-state index in [-0.39, 0.29) is 0 Å². The summed E-state index contributed by atoms with van der Waals surface area (Å²) in [5, 5.41) is 11.3. The number of hydrogen-bond acceptors (Lipinski definition) is 1. The van der Waals surface area contributed by atoms with Gasteiger partial charge in [-0.3, -0.25) is 0 Å². The number of halogens is 3. The molecule has 0 fully saturated rings. The summed E-state index contributed by atoms with van der Waals surface area (Å²) in [5.74, 6) is 0. The van der Waals surface area contributed by atoms with Crippen LogP contribution in [0, 0.1) is 13.8 Å². The van der Waals surface area contributed by atoms with E-state index in [0.717, 1.165) is 36.2 Å². The summed E-state index contributed by atoms with van der Waals surface area (Å²) in [6.07, 6.45) is -0.662. The Kier molecular flexibility index (Phi) is 4.72. The van der Waals surface area contributed by atoms with Crippen LogP contribution in [-0.2, 0) is 0 Å². The van der Waals surface area contributed by atoms with Gasteiger partial charge in [0.25, 0.3) is 0 Å². The van der Waals surface area contributed by atoms with E-state index < -0.39 is 6.10 Å². The molecule has 0 spiro atoms. The molecule has 1 atom stereocenters. The number of aliphatic hydroxyl groups is 1. The average molecular weight is 405 g/mol.